The van der Waals surface area contributed by atoms with Gasteiger partial charge in [-0.3, -0.25) is 9.59 Å². The third-order valence-corrected chi connectivity index (χ3v) is 5.19. The quantitative estimate of drug-likeness (QED) is 0.829. The van der Waals surface area contributed by atoms with E-state index in [-0.39, 0.29) is 35.4 Å². The predicted octanol–water partition coefficient (Wildman–Crippen LogP) is 4.69. The number of nitrogens with one attached hydrogen (secondary N) is 1. The van der Waals surface area contributed by atoms with Crippen molar-refractivity contribution in [2.75, 3.05) is 0 Å². The van der Waals surface area contributed by atoms with Crippen LogP contribution in [0.4, 0.5) is 4.39 Å². The van der Waals surface area contributed by atoms with Gasteiger partial charge in [0.1, 0.15) is 17.3 Å². The van der Waals surface area contributed by atoms with E-state index in [1.807, 2.05) is 20.8 Å². The lowest BCUT2D eigenvalue weighted by Crippen LogP contribution is -2.31. The van der Waals surface area contributed by atoms with Crippen LogP contribution in [0.15, 0.2) is 28.7 Å². The summed E-state index contributed by atoms with van der Waals surface area (Å²) in [5, 5.41) is 2.99. The lowest BCUT2D eigenvalue weighted by atomic mass is 9.75. The molecule has 0 bridgehead atoms. The number of carbonyl (C=O) groups is 2. The van der Waals surface area contributed by atoms with E-state index in [4.69, 9.17) is 4.42 Å². The van der Waals surface area contributed by atoms with Crippen LogP contribution in [0.25, 0.3) is 0 Å². The molecule has 0 radical (unpaired) electrons. The Morgan fingerprint density at radius 1 is 1.26 bits per heavy atom. The zero-order valence-electron chi connectivity index (χ0n) is 16.3. The summed E-state index contributed by atoms with van der Waals surface area (Å²) in [5.74, 6) is 0.905. The van der Waals surface area contributed by atoms with Crippen molar-refractivity contribution in [3.8, 4) is 0 Å². The van der Waals surface area contributed by atoms with Crippen LogP contribution in [0.5, 0.6) is 0 Å². The first-order valence-corrected chi connectivity index (χ1v) is 9.39. The zero-order chi connectivity index (χ0) is 19.8. The van der Waals surface area contributed by atoms with Crippen molar-refractivity contribution in [2.45, 2.75) is 59.4 Å². The molecule has 1 aliphatic carbocycles. The first-order valence-electron chi connectivity index (χ1n) is 9.39. The molecule has 1 amide bonds. The molecule has 5 heteroatoms. The van der Waals surface area contributed by atoms with Gasteiger partial charge in [0, 0.05) is 18.4 Å². The van der Waals surface area contributed by atoms with Crippen molar-refractivity contribution < 1.29 is 18.4 Å². The van der Waals surface area contributed by atoms with Crippen LogP contribution in [-0.2, 0) is 17.6 Å². The Balaban J connectivity index is 1.78. The largest absolute Gasteiger partial charge is 0.465 e. The Morgan fingerprint density at radius 3 is 2.56 bits per heavy atom. The highest BCUT2D eigenvalue weighted by molar-refractivity contribution is 6.01. The van der Waals surface area contributed by atoms with E-state index in [1.165, 1.54) is 12.1 Å². The maximum Gasteiger partial charge on any atom is 0.225 e. The van der Waals surface area contributed by atoms with Gasteiger partial charge in [0.05, 0.1) is 18.0 Å². The molecule has 1 N–H and O–H groups in total. The SMILES string of the molecule is CCC(NC(=O)Cc1c(C)oc2c1C(=O)CC(C)(C)C2)c1ccc(F)cc1. The van der Waals surface area contributed by atoms with E-state index >= 15 is 0 Å². The number of rotatable bonds is 5. The Hall–Kier alpha value is -2.43. The Morgan fingerprint density at radius 2 is 1.93 bits per heavy atom. The highest BCUT2D eigenvalue weighted by Gasteiger charge is 2.36. The molecular weight excluding hydrogens is 345 g/mol. The van der Waals surface area contributed by atoms with E-state index in [0.717, 1.165) is 5.56 Å². The number of carbonyl (C=O) groups excluding carboxylic acids is 2. The summed E-state index contributed by atoms with van der Waals surface area (Å²) in [4.78, 5) is 25.3. The van der Waals surface area contributed by atoms with Gasteiger partial charge < -0.3 is 9.73 Å². The molecule has 1 aromatic carbocycles. The molecule has 0 spiro atoms. The lowest BCUT2D eigenvalue weighted by molar-refractivity contribution is -0.121. The van der Waals surface area contributed by atoms with Gasteiger partial charge in [0.25, 0.3) is 0 Å². The Labute approximate surface area is 159 Å². The minimum absolute atomic E-state index is 0.0477. The number of benzene rings is 1. The highest BCUT2D eigenvalue weighted by atomic mass is 19.1. The second-order valence-corrected chi connectivity index (χ2v) is 8.13. The monoisotopic (exact) mass is 371 g/mol. The van der Waals surface area contributed by atoms with Crippen LogP contribution in [-0.4, -0.2) is 11.7 Å². The Bertz CT molecular complexity index is 864. The molecule has 1 unspecified atom stereocenters. The lowest BCUT2D eigenvalue weighted by Gasteiger charge is -2.27. The fourth-order valence-corrected chi connectivity index (χ4v) is 3.85. The van der Waals surface area contributed by atoms with Crippen LogP contribution < -0.4 is 5.32 Å². The van der Waals surface area contributed by atoms with Crippen LogP contribution >= 0.6 is 0 Å². The van der Waals surface area contributed by atoms with Gasteiger partial charge in [-0.1, -0.05) is 32.9 Å². The van der Waals surface area contributed by atoms with Crippen LogP contribution in [0, 0.1) is 18.2 Å². The first kappa shape index (κ1) is 19.3. The molecule has 0 saturated heterocycles. The second kappa shape index (κ2) is 7.29. The molecule has 1 aliphatic rings. The van der Waals surface area contributed by atoms with E-state index < -0.39 is 0 Å². The fourth-order valence-electron chi connectivity index (χ4n) is 3.85. The average Bonchev–Trinajstić information content (AvgIpc) is 2.87. The molecule has 2 aromatic rings. The topological polar surface area (TPSA) is 59.3 Å². The zero-order valence-corrected chi connectivity index (χ0v) is 16.3. The van der Waals surface area contributed by atoms with Gasteiger partial charge in [-0.05, 0) is 36.5 Å². The minimum atomic E-state index is -0.304. The van der Waals surface area contributed by atoms with Gasteiger partial charge in [-0.25, -0.2) is 4.39 Å². The molecular formula is C22H26FNO3. The van der Waals surface area contributed by atoms with Crippen molar-refractivity contribution in [3.05, 3.63) is 58.3 Å². The third-order valence-electron chi connectivity index (χ3n) is 5.19. The predicted molar refractivity (Wildman–Crippen MR) is 101 cm³/mol. The number of Topliss-reactive ketones (excluding diaryl/α,β-unsaturated/α-hetero) is 1. The van der Waals surface area contributed by atoms with Crippen molar-refractivity contribution in [2.24, 2.45) is 5.41 Å². The van der Waals surface area contributed by atoms with E-state index in [1.54, 1.807) is 19.1 Å². The molecule has 0 aliphatic heterocycles. The van der Waals surface area contributed by atoms with Crippen molar-refractivity contribution in [3.63, 3.8) is 0 Å². The summed E-state index contributed by atoms with van der Waals surface area (Å²) in [7, 11) is 0. The summed E-state index contributed by atoms with van der Waals surface area (Å²) in [6, 6.07) is 5.94. The van der Waals surface area contributed by atoms with Crippen molar-refractivity contribution >= 4 is 11.7 Å². The standard InChI is InChI=1S/C22H26FNO3/c1-5-17(14-6-8-15(23)9-7-14)24-20(26)10-16-13(2)27-19-12-22(3,4)11-18(25)21(16)19/h6-9,17H,5,10-12H2,1-4H3,(H,24,26). The highest BCUT2D eigenvalue weighted by Crippen LogP contribution is 2.38. The second-order valence-electron chi connectivity index (χ2n) is 8.13. The minimum Gasteiger partial charge on any atom is -0.465 e. The molecule has 1 atom stereocenters. The molecule has 1 heterocycles. The molecule has 144 valence electrons. The summed E-state index contributed by atoms with van der Waals surface area (Å²) in [5.41, 5.74) is 2.02. The van der Waals surface area contributed by atoms with Gasteiger partial charge >= 0.3 is 0 Å². The number of hydrogen-bond acceptors (Lipinski definition) is 3. The fraction of sp³-hybridized carbons (Fsp3) is 0.455. The average molecular weight is 371 g/mol. The summed E-state index contributed by atoms with van der Waals surface area (Å²) < 4.78 is 19.0. The number of halogens is 1. The van der Waals surface area contributed by atoms with Gasteiger partial charge in [-0.2, -0.15) is 0 Å². The van der Waals surface area contributed by atoms with Crippen molar-refractivity contribution in [1.82, 2.24) is 5.32 Å². The first-order chi connectivity index (χ1) is 12.7. The smallest absolute Gasteiger partial charge is 0.225 e. The molecule has 3 rings (SSSR count). The van der Waals surface area contributed by atoms with E-state index in [0.29, 0.717) is 41.9 Å². The molecule has 1 aromatic heterocycles. The van der Waals surface area contributed by atoms with Crippen LogP contribution in [0.1, 0.15) is 72.7 Å². The summed E-state index contributed by atoms with van der Waals surface area (Å²) in [6.07, 6.45) is 1.95. The number of aryl methyl sites for hydroxylation is 1. The normalized spacial score (nSPS) is 16.7. The maximum absolute atomic E-state index is 13.1. The van der Waals surface area contributed by atoms with Gasteiger partial charge in [0.15, 0.2) is 5.78 Å². The number of hydrogen-bond donors (Lipinski definition) is 1. The summed E-state index contributed by atoms with van der Waals surface area (Å²) >= 11 is 0. The molecule has 4 nitrogen and oxygen atoms in total. The van der Waals surface area contributed by atoms with Crippen LogP contribution in [0.2, 0.25) is 0 Å². The molecule has 0 fully saturated rings. The maximum atomic E-state index is 13.1. The Kier molecular flexibility index (Phi) is 5.22. The third kappa shape index (κ3) is 4.12. The van der Waals surface area contributed by atoms with Crippen LogP contribution in [0.3, 0.4) is 0 Å². The molecule has 27 heavy (non-hydrogen) atoms. The number of fused-ring (bicyclic) bond motifs is 1. The number of amides is 1. The molecule has 0 saturated carbocycles. The number of ketones is 1. The summed E-state index contributed by atoms with van der Waals surface area (Å²) in [6.45, 7) is 7.86. The van der Waals surface area contributed by atoms with E-state index in [9.17, 15) is 14.0 Å². The van der Waals surface area contributed by atoms with E-state index in [2.05, 4.69) is 5.32 Å². The number of furan rings is 1. The van der Waals surface area contributed by atoms with Crippen molar-refractivity contribution in [1.29, 1.82) is 0 Å². The van der Waals surface area contributed by atoms with Gasteiger partial charge in [-0.15, -0.1) is 0 Å². The van der Waals surface area contributed by atoms with Gasteiger partial charge in [0.2, 0.25) is 5.91 Å².